The van der Waals surface area contributed by atoms with E-state index >= 15 is 0 Å². The Morgan fingerprint density at radius 2 is 1.82 bits per heavy atom. The van der Waals surface area contributed by atoms with Gasteiger partial charge in [0, 0.05) is 4.47 Å². The van der Waals surface area contributed by atoms with E-state index in [1.54, 1.807) is 12.1 Å². The van der Waals surface area contributed by atoms with E-state index in [9.17, 15) is 22.8 Å². The van der Waals surface area contributed by atoms with Crippen LogP contribution in [-0.4, -0.2) is 28.9 Å². The number of carbonyl (C=O) groups is 2. The first kappa shape index (κ1) is 20.1. The molecule has 2 aromatic carbocycles. The lowest BCUT2D eigenvalue weighted by atomic mass is 10.1. The predicted molar refractivity (Wildman–Crippen MR) is 102 cm³/mol. The number of halogens is 5. The molecule has 1 amide bonds. The first-order chi connectivity index (χ1) is 13.1. The summed E-state index contributed by atoms with van der Waals surface area (Å²) in [5.41, 5.74) is -2.16. The fourth-order valence-corrected chi connectivity index (χ4v) is 2.93. The summed E-state index contributed by atoms with van der Waals surface area (Å²) in [7, 11) is 0. The maximum Gasteiger partial charge on any atom is 0.435 e. The monoisotopic (exact) mass is 472 g/mol. The highest BCUT2D eigenvalue weighted by molar-refractivity contribution is 9.10. The zero-order valence-corrected chi connectivity index (χ0v) is 16.0. The van der Waals surface area contributed by atoms with Crippen LogP contribution in [0.5, 0.6) is 0 Å². The molecule has 0 aromatic heterocycles. The van der Waals surface area contributed by atoms with E-state index in [0.29, 0.717) is 10.6 Å². The first-order valence-electron chi connectivity index (χ1n) is 7.58. The minimum Gasteiger partial charge on any atom is -0.478 e. The molecule has 144 valence electrons. The van der Waals surface area contributed by atoms with Crippen molar-refractivity contribution in [3.63, 3.8) is 0 Å². The van der Waals surface area contributed by atoms with Crippen molar-refractivity contribution in [1.82, 2.24) is 0 Å². The van der Waals surface area contributed by atoms with Gasteiger partial charge in [0.15, 0.2) is 5.71 Å². The van der Waals surface area contributed by atoms with E-state index in [1.807, 2.05) is 0 Å². The molecule has 10 heteroatoms. The van der Waals surface area contributed by atoms with Crippen molar-refractivity contribution in [3.05, 3.63) is 68.7 Å². The summed E-state index contributed by atoms with van der Waals surface area (Å²) >= 11 is 8.99. The van der Waals surface area contributed by atoms with Gasteiger partial charge in [0.25, 0.3) is 5.91 Å². The largest absolute Gasteiger partial charge is 0.478 e. The van der Waals surface area contributed by atoms with Gasteiger partial charge in [-0.05, 0) is 42.0 Å². The van der Waals surface area contributed by atoms with Crippen LogP contribution in [0.1, 0.15) is 15.9 Å². The molecule has 28 heavy (non-hydrogen) atoms. The molecule has 0 radical (unpaired) electrons. The summed E-state index contributed by atoms with van der Waals surface area (Å²) in [5, 5.41) is 12.9. The second-order valence-electron chi connectivity index (χ2n) is 5.64. The van der Waals surface area contributed by atoms with Crippen molar-refractivity contribution in [1.29, 1.82) is 0 Å². The second-order valence-corrected chi connectivity index (χ2v) is 6.97. The van der Waals surface area contributed by atoms with Gasteiger partial charge in [-0.15, -0.1) is 0 Å². The second kappa shape index (κ2) is 7.40. The van der Waals surface area contributed by atoms with Crippen molar-refractivity contribution in [3.8, 4) is 0 Å². The van der Waals surface area contributed by atoms with Crippen LogP contribution in [-0.2, 0) is 4.79 Å². The number of hydrazone groups is 1. The molecule has 0 spiro atoms. The van der Waals surface area contributed by atoms with Gasteiger partial charge in [-0.1, -0.05) is 39.7 Å². The van der Waals surface area contributed by atoms with E-state index in [-0.39, 0.29) is 16.3 Å². The van der Waals surface area contributed by atoms with Crippen molar-refractivity contribution >= 4 is 56.9 Å². The first-order valence-corrected chi connectivity index (χ1v) is 8.76. The van der Waals surface area contributed by atoms with Gasteiger partial charge in [0.2, 0.25) is 0 Å². The molecule has 2 aromatic rings. The van der Waals surface area contributed by atoms with Crippen LogP contribution in [0.4, 0.5) is 18.9 Å². The number of carbonyl (C=O) groups excluding carboxylic acids is 1. The van der Waals surface area contributed by atoms with Crippen LogP contribution < -0.4 is 5.01 Å². The number of alkyl halides is 3. The molecule has 3 rings (SSSR count). The molecular weight excluding hydrogens is 465 g/mol. The van der Waals surface area contributed by atoms with Gasteiger partial charge in [-0.2, -0.15) is 23.3 Å². The predicted octanol–water partition coefficient (Wildman–Crippen LogP) is 5.15. The van der Waals surface area contributed by atoms with Crippen molar-refractivity contribution < 1.29 is 27.9 Å². The van der Waals surface area contributed by atoms with Crippen LogP contribution in [0.15, 0.2) is 57.6 Å². The highest BCUT2D eigenvalue weighted by Gasteiger charge is 2.46. The smallest absolute Gasteiger partial charge is 0.435 e. The lowest BCUT2D eigenvalue weighted by Gasteiger charge is -2.12. The average Bonchev–Trinajstić information content (AvgIpc) is 2.94. The Labute approximate surface area is 169 Å². The molecule has 1 aliphatic heterocycles. The molecule has 1 aliphatic rings. The number of rotatable bonds is 3. The molecule has 0 saturated carbocycles. The Kier molecular flexibility index (Phi) is 5.31. The SMILES string of the molecule is O=C(O)c1cc(N2N=C(C(F)(F)F)/C(=C/c3ccc(Br)cc3)C2=O)ccc1Cl. The summed E-state index contributed by atoms with van der Waals surface area (Å²) in [6, 6.07) is 9.68. The number of aromatic carboxylic acids is 1. The Bertz CT molecular complexity index is 1030. The third-order valence-corrected chi connectivity index (χ3v) is 4.61. The lowest BCUT2D eigenvalue weighted by molar-refractivity contribution is -0.114. The fraction of sp³-hybridized carbons (Fsp3) is 0.0556. The zero-order chi connectivity index (χ0) is 20.6. The van der Waals surface area contributed by atoms with Crippen LogP contribution >= 0.6 is 27.5 Å². The van der Waals surface area contributed by atoms with Crippen LogP contribution in [0, 0.1) is 0 Å². The molecular formula is C18H9BrClF3N2O3. The van der Waals surface area contributed by atoms with E-state index in [1.165, 1.54) is 24.3 Å². The Balaban J connectivity index is 2.09. The lowest BCUT2D eigenvalue weighted by Crippen LogP contribution is -2.25. The maximum absolute atomic E-state index is 13.4. The van der Waals surface area contributed by atoms with E-state index in [2.05, 4.69) is 21.0 Å². The molecule has 0 fully saturated rings. The number of nitrogens with zero attached hydrogens (tertiary/aromatic N) is 2. The quantitative estimate of drug-likeness (QED) is 0.627. The summed E-state index contributed by atoms with van der Waals surface area (Å²) < 4.78 is 41.0. The van der Waals surface area contributed by atoms with Crippen LogP contribution in [0.25, 0.3) is 6.08 Å². The maximum atomic E-state index is 13.4. The number of anilines is 1. The Morgan fingerprint density at radius 3 is 2.39 bits per heavy atom. The van der Waals surface area contributed by atoms with Gasteiger partial charge in [0.05, 0.1) is 21.8 Å². The third kappa shape index (κ3) is 3.95. The van der Waals surface area contributed by atoms with Gasteiger partial charge in [-0.25, -0.2) is 4.79 Å². The van der Waals surface area contributed by atoms with Crippen molar-refractivity contribution in [2.45, 2.75) is 6.18 Å². The molecule has 0 unspecified atom stereocenters. The van der Waals surface area contributed by atoms with Crippen LogP contribution in [0.3, 0.4) is 0 Å². The zero-order valence-electron chi connectivity index (χ0n) is 13.7. The summed E-state index contributed by atoms with van der Waals surface area (Å²) in [6.45, 7) is 0. The number of benzene rings is 2. The molecule has 1 heterocycles. The third-order valence-electron chi connectivity index (χ3n) is 3.75. The normalized spacial score (nSPS) is 15.9. The van der Waals surface area contributed by atoms with Gasteiger partial charge >= 0.3 is 12.1 Å². The van der Waals surface area contributed by atoms with E-state index in [0.717, 1.165) is 16.6 Å². The van der Waals surface area contributed by atoms with Gasteiger partial charge < -0.3 is 5.11 Å². The van der Waals surface area contributed by atoms with Crippen molar-refractivity contribution in [2.75, 3.05) is 5.01 Å². The number of amides is 1. The van der Waals surface area contributed by atoms with E-state index < -0.39 is 29.3 Å². The molecule has 0 saturated heterocycles. The number of hydrogen-bond donors (Lipinski definition) is 1. The molecule has 0 aliphatic carbocycles. The van der Waals surface area contributed by atoms with E-state index in [4.69, 9.17) is 16.7 Å². The minimum absolute atomic E-state index is 0.117. The average molecular weight is 474 g/mol. The Morgan fingerprint density at radius 1 is 1.18 bits per heavy atom. The molecule has 1 N–H and O–H groups in total. The molecule has 0 atom stereocenters. The van der Waals surface area contributed by atoms with Gasteiger partial charge in [-0.3, -0.25) is 4.79 Å². The highest BCUT2D eigenvalue weighted by Crippen LogP contribution is 2.34. The van der Waals surface area contributed by atoms with Crippen molar-refractivity contribution in [2.24, 2.45) is 5.10 Å². The number of carboxylic acids is 1. The topological polar surface area (TPSA) is 70.0 Å². The standard InChI is InChI=1S/C18H9BrClF3N2O3/c19-10-3-1-9(2-4-10)7-13-15(18(21,22)23)24-25(16(13)26)11-5-6-14(20)12(8-11)17(27)28/h1-8H,(H,27,28)/b13-7-. The summed E-state index contributed by atoms with van der Waals surface area (Å²) in [5.74, 6) is -2.42. The highest BCUT2D eigenvalue weighted by atomic mass is 79.9. The molecule has 5 nitrogen and oxygen atoms in total. The van der Waals surface area contributed by atoms with Crippen LogP contribution in [0.2, 0.25) is 5.02 Å². The summed E-state index contributed by atoms with van der Waals surface area (Å²) in [6.07, 6.45) is -3.80. The Hall–Kier alpha value is -2.65. The molecule has 0 bridgehead atoms. The fourth-order valence-electron chi connectivity index (χ4n) is 2.46. The number of carboxylic acid groups (broad SMARTS) is 1. The number of hydrogen-bond acceptors (Lipinski definition) is 3. The van der Waals surface area contributed by atoms with Gasteiger partial charge in [0.1, 0.15) is 0 Å². The summed E-state index contributed by atoms with van der Waals surface area (Å²) in [4.78, 5) is 23.9. The minimum atomic E-state index is -4.88.